The topological polar surface area (TPSA) is 94.3 Å². The minimum absolute atomic E-state index is 0.0552. The van der Waals surface area contributed by atoms with Crippen molar-refractivity contribution in [1.82, 2.24) is 20.5 Å². The van der Waals surface area contributed by atoms with E-state index in [4.69, 9.17) is 11.6 Å². The summed E-state index contributed by atoms with van der Waals surface area (Å²) in [4.78, 5) is 31.4. The fourth-order valence-electron chi connectivity index (χ4n) is 4.91. The van der Waals surface area contributed by atoms with Crippen LogP contribution in [0.2, 0.25) is 5.02 Å². The van der Waals surface area contributed by atoms with Gasteiger partial charge < -0.3 is 20.5 Å². The van der Waals surface area contributed by atoms with Crippen molar-refractivity contribution in [2.45, 2.75) is 47.5 Å². The third-order valence-corrected chi connectivity index (χ3v) is 8.83. The Kier molecular flexibility index (Phi) is 12.6. The number of nitrogens with zero attached hydrogens (tertiary/aromatic N) is 1. The molecule has 2 heterocycles. The second-order valence-corrected chi connectivity index (χ2v) is 12.4. The van der Waals surface area contributed by atoms with Crippen LogP contribution < -0.4 is 10.6 Å². The quantitative estimate of drug-likeness (QED) is 0.294. The molecule has 1 aliphatic carbocycles. The zero-order valence-electron chi connectivity index (χ0n) is 25.5. The number of amides is 2. The monoisotopic (exact) mass is 610 g/mol. The molecule has 7 nitrogen and oxygen atoms in total. The average molecular weight is 611 g/mol. The number of allylic oxidation sites excluding steroid dienone is 5. The van der Waals surface area contributed by atoms with E-state index in [9.17, 15) is 13.8 Å². The highest BCUT2D eigenvalue weighted by Gasteiger charge is 2.31. The molecule has 1 fully saturated rings. The molecule has 4 rings (SSSR count). The molecule has 1 saturated heterocycles. The number of rotatable bonds is 11. The number of nitrogens with one attached hydrogen (secondary N) is 3. The minimum Gasteiger partial charge on any atom is -0.359 e. The second kappa shape index (κ2) is 15.9. The first kappa shape index (κ1) is 33.3. The van der Waals surface area contributed by atoms with Crippen LogP contribution in [0.1, 0.15) is 55.3 Å². The number of hydrogen-bond donors (Lipinski definition) is 3. The van der Waals surface area contributed by atoms with Crippen molar-refractivity contribution in [2.24, 2.45) is 0 Å². The van der Waals surface area contributed by atoms with E-state index in [2.05, 4.69) is 32.7 Å². The molecular weight excluding hydrogens is 568 g/mol. The number of aromatic nitrogens is 1. The highest BCUT2D eigenvalue weighted by atomic mass is 35.5. The maximum Gasteiger partial charge on any atom is 0.256 e. The van der Waals surface area contributed by atoms with Gasteiger partial charge in [-0.2, -0.15) is 0 Å². The number of halogens is 1. The van der Waals surface area contributed by atoms with E-state index in [0.29, 0.717) is 35.2 Å². The van der Waals surface area contributed by atoms with Crippen LogP contribution in [0.3, 0.4) is 0 Å². The Labute approximate surface area is 257 Å². The van der Waals surface area contributed by atoms with E-state index < -0.39 is 10.8 Å². The molecule has 1 aromatic carbocycles. The minimum atomic E-state index is -0.788. The van der Waals surface area contributed by atoms with E-state index in [1.807, 2.05) is 78.1 Å². The summed E-state index contributed by atoms with van der Waals surface area (Å²) in [7, 11) is 1.18. The number of carbonyl (C=O) groups excluding carboxylic acids is 2. The average Bonchev–Trinajstić information content (AvgIpc) is 3.32. The fraction of sp³-hybridized carbons (Fsp3) is 0.394. The van der Waals surface area contributed by atoms with E-state index in [1.54, 1.807) is 0 Å². The van der Waals surface area contributed by atoms with Crippen LogP contribution in [-0.4, -0.2) is 64.1 Å². The maximum absolute atomic E-state index is 13.1. The van der Waals surface area contributed by atoms with Gasteiger partial charge in [0.25, 0.3) is 5.91 Å². The molecule has 2 aromatic rings. The summed E-state index contributed by atoms with van der Waals surface area (Å²) < 4.78 is 11.6. The number of fused-ring (bicyclic) bond motifs is 1. The molecule has 2 amide bonds. The Hall–Kier alpha value is -3.20. The van der Waals surface area contributed by atoms with Gasteiger partial charge in [0.15, 0.2) is 0 Å². The Balaban J connectivity index is 0.00000237. The number of likely N-dealkylation sites (N-methyl/N-ethyl adjacent to an activating group) is 1. The molecule has 1 atom stereocenters. The van der Waals surface area contributed by atoms with Crippen molar-refractivity contribution < 1.29 is 13.8 Å². The smallest absolute Gasteiger partial charge is 0.256 e. The SMILES string of the molecule is CC.CCS(=O)CCN(C)CCNC(=O)Cc1c(C)[nH]c(/C=C2\C(=O)NC3=CCC=CC(c4ccc(Cl)cc4)=C32)c1C. The molecule has 0 radical (unpaired) electrons. The third-order valence-electron chi connectivity index (χ3n) is 7.29. The van der Waals surface area contributed by atoms with Gasteiger partial charge >= 0.3 is 0 Å². The maximum atomic E-state index is 13.1. The van der Waals surface area contributed by atoms with Crippen molar-refractivity contribution >= 4 is 45.9 Å². The predicted octanol–water partition coefficient (Wildman–Crippen LogP) is 5.48. The van der Waals surface area contributed by atoms with Gasteiger partial charge in [0, 0.05) is 69.6 Å². The summed E-state index contributed by atoms with van der Waals surface area (Å²) in [5.41, 5.74) is 7.77. The molecule has 1 aromatic heterocycles. The Morgan fingerprint density at radius 1 is 1.17 bits per heavy atom. The lowest BCUT2D eigenvalue weighted by Crippen LogP contribution is -2.35. The molecule has 1 aliphatic heterocycles. The van der Waals surface area contributed by atoms with Gasteiger partial charge in [0.05, 0.1) is 12.0 Å². The second-order valence-electron chi connectivity index (χ2n) is 10.1. The zero-order valence-corrected chi connectivity index (χ0v) is 27.1. The van der Waals surface area contributed by atoms with Gasteiger partial charge in [-0.15, -0.1) is 0 Å². The van der Waals surface area contributed by atoms with Crippen LogP contribution >= 0.6 is 11.6 Å². The van der Waals surface area contributed by atoms with Gasteiger partial charge in [-0.3, -0.25) is 13.8 Å². The van der Waals surface area contributed by atoms with Crippen molar-refractivity contribution in [3.63, 3.8) is 0 Å². The number of hydrogen-bond acceptors (Lipinski definition) is 4. The Bertz CT molecular complexity index is 1430. The van der Waals surface area contributed by atoms with E-state index in [-0.39, 0.29) is 18.2 Å². The van der Waals surface area contributed by atoms with E-state index >= 15 is 0 Å². The summed E-state index contributed by atoms with van der Waals surface area (Å²) >= 11 is 6.13. The molecule has 0 bridgehead atoms. The van der Waals surface area contributed by atoms with Crippen molar-refractivity contribution in [3.05, 3.63) is 92.4 Å². The molecular formula is C33H43ClN4O3S. The lowest BCUT2D eigenvalue weighted by atomic mass is 9.94. The summed E-state index contributed by atoms with van der Waals surface area (Å²) in [6, 6.07) is 7.62. The van der Waals surface area contributed by atoms with Crippen LogP contribution in [0.4, 0.5) is 0 Å². The summed E-state index contributed by atoms with van der Waals surface area (Å²) in [5.74, 6) is 1.10. The molecule has 1 unspecified atom stereocenters. The predicted molar refractivity (Wildman–Crippen MR) is 176 cm³/mol. The molecule has 3 N–H and O–H groups in total. The number of H-pyrrole nitrogens is 1. The number of benzene rings is 1. The standard InChI is InChI=1S/C31H37ClN4O3S.C2H6/c1-5-40(39)17-16-36(4)15-14-33-29(37)19-25-20(2)28(34-21(25)3)18-26-30-24(22-10-12-23(32)13-11-22)8-6-7-9-27(30)35-31(26)38;1-2/h6,8-13,18,34H,5,7,14-17,19H2,1-4H3,(H,33,37)(H,35,38);1-2H3/b26-18-;. The first-order chi connectivity index (χ1) is 20.2. The van der Waals surface area contributed by atoms with Crippen LogP contribution in [-0.2, 0) is 26.8 Å². The Morgan fingerprint density at radius 3 is 2.57 bits per heavy atom. The highest BCUT2D eigenvalue weighted by Crippen LogP contribution is 2.37. The van der Waals surface area contributed by atoms with Crippen LogP contribution in [0.25, 0.3) is 11.6 Å². The number of aryl methyl sites for hydroxylation is 1. The van der Waals surface area contributed by atoms with Gasteiger partial charge in [0.2, 0.25) is 5.91 Å². The largest absolute Gasteiger partial charge is 0.359 e. The van der Waals surface area contributed by atoms with E-state index in [1.165, 1.54) is 0 Å². The van der Waals surface area contributed by atoms with Gasteiger partial charge in [-0.25, -0.2) is 0 Å². The van der Waals surface area contributed by atoms with Crippen molar-refractivity contribution in [3.8, 4) is 0 Å². The third kappa shape index (κ3) is 8.43. The first-order valence-corrected chi connectivity index (χ1v) is 16.4. The summed E-state index contributed by atoms with van der Waals surface area (Å²) in [6.07, 6.45) is 9.02. The van der Waals surface area contributed by atoms with E-state index in [0.717, 1.165) is 57.9 Å². The van der Waals surface area contributed by atoms with Crippen molar-refractivity contribution in [2.75, 3.05) is 38.2 Å². The zero-order chi connectivity index (χ0) is 30.8. The highest BCUT2D eigenvalue weighted by molar-refractivity contribution is 7.84. The van der Waals surface area contributed by atoms with Crippen LogP contribution in [0.5, 0.6) is 0 Å². The normalized spacial score (nSPS) is 16.0. The van der Waals surface area contributed by atoms with Gasteiger partial charge in [-0.1, -0.05) is 62.7 Å². The van der Waals surface area contributed by atoms with Gasteiger partial charge in [0.1, 0.15) is 0 Å². The molecule has 226 valence electrons. The lowest BCUT2D eigenvalue weighted by Gasteiger charge is -2.16. The molecule has 9 heteroatoms. The number of carbonyl (C=O) groups is 2. The van der Waals surface area contributed by atoms with Crippen LogP contribution in [0, 0.1) is 13.8 Å². The Morgan fingerprint density at radius 2 is 1.88 bits per heavy atom. The summed E-state index contributed by atoms with van der Waals surface area (Å²) in [6.45, 7) is 11.8. The fourth-order valence-corrected chi connectivity index (χ4v) is 5.84. The molecule has 0 saturated carbocycles. The van der Waals surface area contributed by atoms with Gasteiger partial charge in [-0.05, 0) is 67.8 Å². The number of aromatic amines is 1. The van der Waals surface area contributed by atoms with Crippen LogP contribution in [0.15, 0.2) is 59.3 Å². The summed E-state index contributed by atoms with van der Waals surface area (Å²) in [5, 5.41) is 6.69. The lowest BCUT2D eigenvalue weighted by molar-refractivity contribution is -0.120. The molecule has 0 spiro atoms. The molecule has 42 heavy (non-hydrogen) atoms. The molecule has 2 aliphatic rings. The first-order valence-electron chi connectivity index (χ1n) is 14.6. The van der Waals surface area contributed by atoms with Crippen molar-refractivity contribution in [1.29, 1.82) is 0 Å².